The van der Waals surface area contributed by atoms with Crippen LogP contribution in [-0.2, 0) is 6.42 Å². The van der Waals surface area contributed by atoms with Crippen LogP contribution in [0.1, 0.15) is 33.1 Å². The van der Waals surface area contributed by atoms with Gasteiger partial charge < -0.3 is 14.5 Å². The monoisotopic (exact) mass is 213 g/mol. The zero-order chi connectivity index (χ0) is 11.3. The summed E-state index contributed by atoms with van der Waals surface area (Å²) >= 11 is 0. The van der Waals surface area contributed by atoms with Gasteiger partial charge in [0.05, 0.1) is 12.5 Å². The predicted octanol–water partition coefficient (Wildman–Crippen LogP) is 1.23. The molecule has 0 spiro atoms. The third-order valence-electron chi connectivity index (χ3n) is 2.39. The van der Waals surface area contributed by atoms with Gasteiger partial charge in [-0.3, -0.25) is 0 Å². The van der Waals surface area contributed by atoms with E-state index in [1.54, 1.807) is 0 Å². The molecular weight excluding hydrogens is 194 g/mol. The number of aromatic nitrogens is 2. The van der Waals surface area contributed by atoms with E-state index < -0.39 is 6.10 Å². The molecule has 1 atom stereocenters. The number of rotatable bonds is 6. The third-order valence-corrected chi connectivity index (χ3v) is 2.39. The lowest BCUT2D eigenvalue weighted by molar-refractivity contribution is 0.158. The molecule has 1 heterocycles. The maximum absolute atomic E-state index is 9.43. The zero-order valence-corrected chi connectivity index (χ0v) is 9.60. The summed E-state index contributed by atoms with van der Waals surface area (Å²) in [5, 5.41) is 13.3. The van der Waals surface area contributed by atoms with Crippen LogP contribution in [0.3, 0.4) is 0 Å². The standard InChI is InChI=1S/C10H19N3O2/c1-4-8(14)7-9-11-10(12-15-9)13(5-2)6-3/h8,14H,4-7H2,1-3H3. The van der Waals surface area contributed by atoms with Crippen molar-refractivity contribution in [2.24, 2.45) is 0 Å². The van der Waals surface area contributed by atoms with Crippen LogP contribution in [0, 0.1) is 0 Å². The van der Waals surface area contributed by atoms with Crippen LogP contribution >= 0.6 is 0 Å². The van der Waals surface area contributed by atoms with E-state index >= 15 is 0 Å². The second kappa shape index (κ2) is 5.70. The molecule has 0 aliphatic rings. The van der Waals surface area contributed by atoms with Crippen LogP contribution in [0.4, 0.5) is 5.95 Å². The van der Waals surface area contributed by atoms with Gasteiger partial charge in [-0.2, -0.15) is 4.98 Å². The third kappa shape index (κ3) is 3.20. The molecule has 1 rings (SSSR count). The van der Waals surface area contributed by atoms with Crippen molar-refractivity contribution in [3.63, 3.8) is 0 Å². The average molecular weight is 213 g/mol. The molecule has 1 aromatic rings. The van der Waals surface area contributed by atoms with Gasteiger partial charge in [-0.1, -0.05) is 6.92 Å². The van der Waals surface area contributed by atoms with Gasteiger partial charge in [-0.05, 0) is 25.4 Å². The van der Waals surface area contributed by atoms with E-state index in [-0.39, 0.29) is 0 Å². The van der Waals surface area contributed by atoms with Crippen LogP contribution in [0.5, 0.6) is 0 Å². The summed E-state index contributed by atoms with van der Waals surface area (Å²) in [6.07, 6.45) is 0.739. The Bertz CT molecular complexity index is 284. The molecule has 5 heteroatoms. The molecule has 1 N–H and O–H groups in total. The first kappa shape index (κ1) is 12.0. The molecule has 15 heavy (non-hydrogen) atoms. The zero-order valence-electron chi connectivity index (χ0n) is 9.60. The van der Waals surface area contributed by atoms with E-state index in [1.165, 1.54) is 0 Å². The lowest BCUT2D eigenvalue weighted by Gasteiger charge is -2.14. The second-order valence-corrected chi connectivity index (χ2v) is 3.43. The van der Waals surface area contributed by atoms with Crippen LogP contribution in [0.15, 0.2) is 4.52 Å². The van der Waals surface area contributed by atoms with Crippen molar-refractivity contribution < 1.29 is 9.63 Å². The highest BCUT2D eigenvalue weighted by Gasteiger charge is 2.13. The SMILES string of the molecule is CCC(O)Cc1nc(N(CC)CC)no1. The van der Waals surface area contributed by atoms with Crippen molar-refractivity contribution in [3.8, 4) is 0 Å². The summed E-state index contributed by atoms with van der Waals surface area (Å²) in [5.74, 6) is 1.12. The topological polar surface area (TPSA) is 62.4 Å². The van der Waals surface area contributed by atoms with Crippen LogP contribution in [-0.4, -0.2) is 34.4 Å². The summed E-state index contributed by atoms with van der Waals surface area (Å²) in [6, 6.07) is 0. The normalized spacial score (nSPS) is 12.8. The molecule has 5 nitrogen and oxygen atoms in total. The highest BCUT2D eigenvalue weighted by Crippen LogP contribution is 2.10. The van der Waals surface area contributed by atoms with Crippen molar-refractivity contribution >= 4 is 5.95 Å². The Morgan fingerprint density at radius 1 is 1.33 bits per heavy atom. The van der Waals surface area contributed by atoms with Gasteiger partial charge in [0.25, 0.3) is 5.95 Å². The van der Waals surface area contributed by atoms with Gasteiger partial charge in [-0.25, -0.2) is 0 Å². The minimum atomic E-state index is -0.394. The molecule has 0 aliphatic carbocycles. The van der Waals surface area contributed by atoms with E-state index in [9.17, 15) is 5.11 Å². The maximum atomic E-state index is 9.43. The quantitative estimate of drug-likeness (QED) is 0.770. The lowest BCUT2D eigenvalue weighted by Crippen LogP contribution is -2.23. The van der Waals surface area contributed by atoms with E-state index in [2.05, 4.69) is 10.1 Å². The van der Waals surface area contributed by atoms with Crippen molar-refractivity contribution in [1.29, 1.82) is 0 Å². The van der Waals surface area contributed by atoms with E-state index in [1.807, 2.05) is 25.7 Å². The molecule has 0 bridgehead atoms. The van der Waals surface area contributed by atoms with Crippen molar-refractivity contribution in [2.75, 3.05) is 18.0 Å². The molecule has 0 aromatic carbocycles. The number of anilines is 1. The number of hydrogen-bond acceptors (Lipinski definition) is 5. The fraction of sp³-hybridized carbons (Fsp3) is 0.800. The molecular formula is C10H19N3O2. The summed E-state index contributed by atoms with van der Waals surface area (Å²) < 4.78 is 5.06. The fourth-order valence-electron chi connectivity index (χ4n) is 1.31. The largest absolute Gasteiger partial charge is 0.393 e. The Hall–Kier alpha value is -1.10. The Kier molecular flexibility index (Phi) is 4.55. The smallest absolute Gasteiger partial charge is 0.266 e. The first-order valence-electron chi connectivity index (χ1n) is 5.46. The Labute approximate surface area is 90.1 Å². The predicted molar refractivity (Wildman–Crippen MR) is 57.9 cm³/mol. The Morgan fingerprint density at radius 3 is 2.53 bits per heavy atom. The average Bonchev–Trinajstić information content (AvgIpc) is 2.68. The summed E-state index contributed by atoms with van der Waals surface area (Å²) in [4.78, 5) is 6.23. The molecule has 86 valence electrons. The highest BCUT2D eigenvalue weighted by molar-refractivity contribution is 5.26. The molecule has 0 saturated heterocycles. The molecule has 0 radical (unpaired) electrons. The van der Waals surface area contributed by atoms with E-state index in [4.69, 9.17) is 4.52 Å². The minimum Gasteiger partial charge on any atom is -0.393 e. The second-order valence-electron chi connectivity index (χ2n) is 3.43. The van der Waals surface area contributed by atoms with Gasteiger partial charge in [0.15, 0.2) is 0 Å². The Balaban J connectivity index is 2.63. The molecule has 0 fully saturated rings. The minimum absolute atomic E-state index is 0.394. The van der Waals surface area contributed by atoms with Crippen molar-refractivity contribution in [2.45, 2.75) is 39.7 Å². The van der Waals surface area contributed by atoms with E-state index in [0.717, 1.165) is 13.1 Å². The Morgan fingerprint density at radius 2 is 2.00 bits per heavy atom. The fourth-order valence-corrected chi connectivity index (χ4v) is 1.31. The number of nitrogens with zero attached hydrogens (tertiary/aromatic N) is 3. The van der Waals surface area contributed by atoms with Crippen LogP contribution in [0.25, 0.3) is 0 Å². The van der Waals surface area contributed by atoms with Crippen LogP contribution < -0.4 is 4.90 Å². The highest BCUT2D eigenvalue weighted by atomic mass is 16.5. The number of hydrogen-bond donors (Lipinski definition) is 1. The van der Waals surface area contributed by atoms with Gasteiger partial charge >= 0.3 is 0 Å². The molecule has 0 amide bonds. The van der Waals surface area contributed by atoms with Gasteiger partial charge in [0.1, 0.15) is 0 Å². The molecule has 0 aliphatic heterocycles. The summed E-state index contributed by atoms with van der Waals surface area (Å²) in [6.45, 7) is 7.71. The number of aliphatic hydroxyl groups is 1. The molecule has 1 aromatic heterocycles. The maximum Gasteiger partial charge on any atom is 0.266 e. The van der Waals surface area contributed by atoms with E-state index in [0.29, 0.717) is 24.7 Å². The summed E-state index contributed by atoms with van der Waals surface area (Å²) in [5.41, 5.74) is 0. The van der Waals surface area contributed by atoms with Crippen molar-refractivity contribution in [3.05, 3.63) is 5.89 Å². The molecule has 0 saturated carbocycles. The van der Waals surface area contributed by atoms with Gasteiger partial charge in [0.2, 0.25) is 5.89 Å². The number of aliphatic hydroxyl groups excluding tert-OH is 1. The first-order chi connectivity index (χ1) is 7.21. The van der Waals surface area contributed by atoms with Crippen molar-refractivity contribution in [1.82, 2.24) is 10.1 Å². The van der Waals surface area contributed by atoms with Gasteiger partial charge in [0, 0.05) is 13.1 Å². The molecule has 1 unspecified atom stereocenters. The van der Waals surface area contributed by atoms with Crippen LogP contribution in [0.2, 0.25) is 0 Å². The first-order valence-corrected chi connectivity index (χ1v) is 5.46. The summed E-state index contributed by atoms with van der Waals surface area (Å²) in [7, 11) is 0. The van der Waals surface area contributed by atoms with Gasteiger partial charge in [-0.15, -0.1) is 0 Å². The lowest BCUT2D eigenvalue weighted by atomic mass is 10.2.